The van der Waals surface area contributed by atoms with Gasteiger partial charge < -0.3 is 10.4 Å². The number of rotatable bonds is 3. The van der Waals surface area contributed by atoms with Gasteiger partial charge in [-0.3, -0.25) is 0 Å². The summed E-state index contributed by atoms with van der Waals surface area (Å²) in [6, 6.07) is 7.81. The molecule has 0 spiro atoms. The largest absolute Gasteiger partial charge is 0.507 e. The van der Waals surface area contributed by atoms with Crippen molar-refractivity contribution in [3.8, 4) is 5.75 Å². The van der Waals surface area contributed by atoms with E-state index in [1.165, 1.54) is 24.3 Å². The Bertz CT molecular complexity index is 604. The molecule has 2 N–H and O–H groups in total. The Hall–Kier alpha value is -1.62. The van der Waals surface area contributed by atoms with E-state index in [2.05, 4.69) is 21.2 Å². The van der Waals surface area contributed by atoms with E-state index in [0.717, 1.165) is 6.07 Å². The van der Waals surface area contributed by atoms with Gasteiger partial charge >= 0.3 is 0 Å². The minimum atomic E-state index is -0.500. The third-order valence-electron chi connectivity index (χ3n) is 2.76. The second-order valence-electron chi connectivity index (χ2n) is 4.19. The standard InChI is InChI=1S/C14H12BrF2NO/c1-8(11-4-2-10(17)7-14(11)19)18-13-6-9(16)3-5-12(13)15/h2-8,18-19H,1H3. The minimum Gasteiger partial charge on any atom is -0.507 e. The molecule has 0 saturated carbocycles. The number of hydrogen-bond acceptors (Lipinski definition) is 2. The first-order chi connectivity index (χ1) is 8.97. The molecule has 0 amide bonds. The molecule has 1 atom stereocenters. The van der Waals surface area contributed by atoms with E-state index in [4.69, 9.17) is 0 Å². The van der Waals surface area contributed by atoms with Crippen LogP contribution in [-0.4, -0.2) is 5.11 Å². The molecular weight excluding hydrogens is 316 g/mol. The summed E-state index contributed by atoms with van der Waals surface area (Å²) in [5, 5.41) is 12.8. The lowest BCUT2D eigenvalue weighted by molar-refractivity contribution is 0.459. The highest BCUT2D eigenvalue weighted by Crippen LogP contribution is 2.31. The van der Waals surface area contributed by atoms with Gasteiger partial charge in [-0.2, -0.15) is 0 Å². The predicted molar refractivity (Wildman–Crippen MR) is 74.2 cm³/mol. The van der Waals surface area contributed by atoms with E-state index in [1.807, 2.05) is 0 Å². The Kier molecular flexibility index (Phi) is 4.04. The lowest BCUT2D eigenvalue weighted by Gasteiger charge is -2.18. The highest BCUT2D eigenvalue weighted by atomic mass is 79.9. The fourth-order valence-corrected chi connectivity index (χ4v) is 2.16. The number of aromatic hydroxyl groups is 1. The van der Waals surface area contributed by atoms with E-state index in [1.54, 1.807) is 13.0 Å². The van der Waals surface area contributed by atoms with Crippen molar-refractivity contribution in [2.45, 2.75) is 13.0 Å². The van der Waals surface area contributed by atoms with Crippen molar-refractivity contribution >= 4 is 21.6 Å². The van der Waals surface area contributed by atoms with Crippen LogP contribution in [0.2, 0.25) is 0 Å². The van der Waals surface area contributed by atoms with Gasteiger partial charge in [0.2, 0.25) is 0 Å². The van der Waals surface area contributed by atoms with Crippen LogP contribution < -0.4 is 5.32 Å². The summed E-state index contributed by atoms with van der Waals surface area (Å²) in [6.45, 7) is 1.80. The van der Waals surface area contributed by atoms with Crippen LogP contribution in [0.25, 0.3) is 0 Å². The molecule has 19 heavy (non-hydrogen) atoms. The van der Waals surface area contributed by atoms with Gasteiger partial charge in [0, 0.05) is 16.1 Å². The lowest BCUT2D eigenvalue weighted by atomic mass is 10.1. The summed E-state index contributed by atoms with van der Waals surface area (Å²) >= 11 is 3.31. The zero-order chi connectivity index (χ0) is 14.0. The third kappa shape index (κ3) is 3.23. The topological polar surface area (TPSA) is 32.3 Å². The van der Waals surface area contributed by atoms with Gasteiger partial charge in [0.1, 0.15) is 17.4 Å². The van der Waals surface area contributed by atoms with Gasteiger partial charge in [0.05, 0.1) is 11.7 Å². The van der Waals surface area contributed by atoms with Crippen molar-refractivity contribution in [1.82, 2.24) is 0 Å². The molecule has 2 aromatic carbocycles. The van der Waals surface area contributed by atoms with E-state index in [9.17, 15) is 13.9 Å². The van der Waals surface area contributed by atoms with E-state index < -0.39 is 5.82 Å². The highest BCUT2D eigenvalue weighted by Gasteiger charge is 2.12. The molecule has 5 heteroatoms. The maximum absolute atomic E-state index is 13.2. The molecule has 2 aromatic rings. The molecule has 0 aliphatic rings. The Morgan fingerprint density at radius 2 is 1.74 bits per heavy atom. The summed E-state index contributed by atoms with van der Waals surface area (Å²) in [6.07, 6.45) is 0. The molecule has 1 unspecified atom stereocenters. The zero-order valence-electron chi connectivity index (χ0n) is 10.1. The summed E-state index contributed by atoms with van der Waals surface area (Å²) in [5.74, 6) is -0.992. The summed E-state index contributed by atoms with van der Waals surface area (Å²) in [4.78, 5) is 0. The first-order valence-corrected chi connectivity index (χ1v) is 6.46. The van der Waals surface area contributed by atoms with Gasteiger partial charge in [-0.05, 0) is 47.1 Å². The summed E-state index contributed by atoms with van der Waals surface area (Å²) < 4.78 is 26.8. The van der Waals surface area contributed by atoms with Crippen molar-refractivity contribution in [3.63, 3.8) is 0 Å². The summed E-state index contributed by atoms with van der Waals surface area (Å²) in [7, 11) is 0. The van der Waals surface area contributed by atoms with E-state index >= 15 is 0 Å². The molecule has 0 heterocycles. The minimum absolute atomic E-state index is 0.132. The monoisotopic (exact) mass is 327 g/mol. The predicted octanol–water partition coefficient (Wildman–Crippen LogP) is 4.61. The Labute approximate surface area is 118 Å². The Morgan fingerprint density at radius 3 is 2.42 bits per heavy atom. The number of halogens is 3. The molecule has 0 aliphatic carbocycles. The quantitative estimate of drug-likeness (QED) is 0.863. The molecule has 0 aromatic heterocycles. The molecule has 100 valence electrons. The van der Waals surface area contributed by atoms with Gasteiger partial charge in [-0.25, -0.2) is 8.78 Å². The average Bonchev–Trinajstić information content (AvgIpc) is 2.33. The van der Waals surface area contributed by atoms with Crippen LogP contribution in [0.4, 0.5) is 14.5 Å². The van der Waals surface area contributed by atoms with Gasteiger partial charge in [0.15, 0.2) is 0 Å². The van der Waals surface area contributed by atoms with E-state index in [0.29, 0.717) is 15.7 Å². The molecule has 0 radical (unpaired) electrons. The zero-order valence-corrected chi connectivity index (χ0v) is 11.7. The van der Waals surface area contributed by atoms with Crippen LogP contribution in [0.5, 0.6) is 5.75 Å². The number of hydrogen-bond donors (Lipinski definition) is 2. The van der Waals surface area contributed by atoms with Crippen molar-refractivity contribution in [1.29, 1.82) is 0 Å². The van der Waals surface area contributed by atoms with Crippen molar-refractivity contribution < 1.29 is 13.9 Å². The first-order valence-electron chi connectivity index (χ1n) is 5.67. The fourth-order valence-electron chi connectivity index (χ4n) is 1.80. The van der Waals surface area contributed by atoms with Gasteiger partial charge in [-0.1, -0.05) is 6.07 Å². The molecule has 0 fully saturated rings. The second kappa shape index (κ2) is 5.57. The van der Waals surface area contributed by atoms with Gasteiger partial charge in [0.25, 0.3) is 0 Å². The number of phenolic OH excluding ortho intramolecular Hbond substituents is 1. The smallest absolute Gasteiger partial charge is 0.126 e. The molecular formula is C14H12BrF2NO. The van der Waals surface area contributed by atoms with Crippen LogP contribution in [0.1, 0.15) is 18.5 Å². The van der Waals surface area contributed by atoms with E-state index in [-0.39, 0.29) is 17.6 Å². The molecule has 0 bridgehead atoms. The maximum Gasteiger partial charge on any atom is 0.126 e. The first kappa shape index (κ1) is 13.8. The fraction of sp³-hybridized carbons (Fsp3) is 0.143. The molecule has 0 aliphatic heterocycles. The van der Waals surface area contributed by atoms with Crippen LogP contribution in [0.3, 0.4) is 0 Å². The number of benzene rings is 2. The maximum atomic E-state index is 13.2. The number of anilines is 1. The number of phenols is 1. The number of nitrogens with one attached hydrogen (secondary N) is 1. The molecule has 2 nitrogen and oxygen atoms in total. The van der Waals surface area contributed by atoms with Crippen LogP contribution in [0, 0.1) is 11.6 Å². The van der Waals surface area contributed by atoms with Crippen LogP contribution in [0.15, 0.2) is 40.9 Å². The van der Waals surface area contributed by atoms with Crippen LogP contribution in [-0.2, 0) is 0 Å². The molecule has 2 rings (SSSR count). The van der Waals surface area contributed by atoms with Crippen molar-refractivity contribution in [3.05, 3.63) is 58.1 Å². The second-order valence-corrected chi connectivity index (χ2v) is 5.05. The van der Waals surface area contributed by atoms with Crippen molar-refractivity contribution in [2.75, 3.05) is 5.32 Å². The molecule has 0 saturated heterocycles. The van der Waals surface area contributed by atoms with Crippen LogP contribution >= 0.6 is 15.9 Å². The summed E-state index contributed by atoms with van der Waals surface area (Å²) in [5.41, 5.74) is 1.11. The Morgan fingerprint density at radius 1 is 1.11 bits per heavy atom. The average molecular weight is 328 g/mol. The lowest BCUT2D eigenvalue weighted by Crippen LogP contribution is -2.07. The van der Waals surface area contributed by atoms with Gasteiger partial charge in [-0.15, -0.1) is 0 Å². The third-order valence-corrected chi connectivity index (χ3v) is 3.45. The Balaban J connectivity index is 2.25. The SMILES string of the molecule is CC(Nc1cc(F)ccc1Br)c1ccc(F)cc1O. The van der Waals surface area contributed by atoms with Crippen molar-refractivity contribution in [2.24, 2.45) is 0 Å². The highest BCUT2D eigenvalue weighted by molar-refractivity contribution is 9.10. The normalized spacial score (nSPS) is 12.2.